The number of fused-ring (bicyclic) bond motifs is 2. The van der Waals surface area contributed by atoms with Crippen molar-refractivity contribution in [1.82, 2.24) is 15.6 Å². The van der Waals surface area contributed by atoms with Crippen LogP contribution in [0.1, 0.15) is 29.9 Å². The number of ether oxygens (including phenoxy) is 1. The summed E-state index contributed by atoms with van der Waals surface area (Å²) in [5.41, 5.74) is 0. The van der Waals surface area contributed by atoms with Crippen molar-refractivity contribution in [3.8, 4) is 11.7 Å². The molecule has 2 saturated heterocycles. The third-order valence-electron chi connectivity index (χ3n) is 4.31. The predicted octanol–water partition coefficient (Wildman–Crippen LogP) is 2.74. The van der Waals surface area contributed by atoms with Crippen LogP contribution in [0.2, 0.25) is 5.02 Å². The van der Waals surface area contributed by atoms with Gasteiger partial charge in [0.2, 0.25) is 0 Å². The van der Waals surface area contributed by atoms with E-state index in [0.717, 1.165) is 12.8 Å². The van der Waals surface area contributed by atoms with Crippen molar-refractivity contribution >= 4 is 17.5 Å². The molecule has 1 aromatic carbocycles. The monoisotopic (exact) mass is 333 g/mol. The molecule has 0 aliphatic carbocycles. The molecule has 2 fully saturated rings. The Morgan fingerprint density at radius 2 is 2.35 bits per heavy atom. The highest BCUT2D eigenvalue weighted by molar-refractivity contribution is 6.30. The summed E-state index contributed by atoms with van der Waals surface area (Å²) in [4.78, 5) is 16.2. The Bertz CT molecular complexity index is 733. The Morgan fingerprint density at radius 1 is 1.43 bits per heavy atom. The summed E-state index contributed by atoms with van der Waals surface area (Å²) < 4.78 is 10.9. The molecule has 1 aromatic heterocycles. The average molecular weight is 334 g/mol. The largest absolute Gasteiger partial charge is 0.425 e. The molecule has 2 aromatic rings. The van der Waals surface area contributed by atoms with Crippen LogP contribution in [-0.4, -0.2) is 29.0 Å². The second-order valence-corrected chi connectivity index (χ2v) is 6.34. The molecular weight excluding hydrogens is 318 g/mol. The molecule has 7 heteroatoms. The molecule has 4 rings (SSSR count). The first-order chi connectivity index (χ1) is 11.2. The van der Waals surface area contributed by atoms with E-state index in [2.05, 4.69) is 15.6 Å². The molecule has 3 heterocycles. The fraction of sp³-hybridized carbons (Fsp3) is 0.375. The molecule has 3 atom stereocenters. The van der Waals surface area contributed by atoms with Crippen molar-refractivity contribution < 1.29 is 13.9 Å². The van der Waals surface area contributed by atoms with Crippen LogP contribution < -0.4 is 15.4 Å². The van der Waals surface area contributed by atoms with Crippen LogP contribution in [0.4, 0.5) is 0 Å². The molecule has 0 spiro atoms. The Kier molecular flexibility index (Phi) is 3.71. The van der Waals surface area contributed by atoms with Gasteiger partial charge in [-0.25, -0.2) is 4.98 Å². The van der Waals surface area contributed by atoms with E-state index in [0.29, 0.717) is 22.9 Å². The van der Waals surface area contributed by atoms with Gasteiger partial charge < -0.3 is 19.8 Å². The number of hydrogen-bond acceptors (Lipinski definition) is 5. The molecule has 2 bridgehead atoms. The van der Waals surface area contributed by atoms with Crippen molar-refractivity contribution in [3.63, 3.8) is 0 Å². The lowest BCUT2D eigenvalue weighted by Crippen LogP contribution is -2.43. The van der Waals surface area contributed by atoms with Crippen LogP contribution in [0.15, 0.2) is 34.9 Å². The lowest BCUT2D eigenvalue weighted by Gasteiger charge is -2.20. The summed E-state index contributed by atoms with van der Waals surface area (Å²) in [7, 11) is 0. The molecule has 6 nitrogen and oxygen atoms in total. The highest BCUT2D eigenvalue weighted by Gasteiger charge is 2.40. The summed E-state index contributed by atoms with van der Waals surface area (Å²) in [5.74, 6) is 0.372. The minimum Gasteiger partial charge on any atom is -0.425 e. The quantitative estimate of drug-likeness (QED) is 0.899. The maximum Gasteiger partial charge on any atom is 0.311 e. The minimum atomic E-state index is -0.315. The van der Waals surface area contributed by atoms with E-state index in [1.165, 1.54) is 12.6 Å². The summed E-state index contributed by atoms with van der Waals surface area (Å²) >= 11 is 5.90. The summed E-state index contributed by atoms with van der Waals surface area (Å²) in [6, 6.07) is 7.95. The van der Waals surface area contributed by atoms with E-state index in [9.17, 15) is 4.79 Å². The van der Waals surface area contributed by atoms with Gasteiger partial charge in [-0.1, -0.05) is 17.7 Å². The Hall–Kier alpha value is -2.05. The molecule has 1 amide bonds. The van der Waals surface area contributed by atoms with Gasteiger partial charge >= 0.3 is 11.9 Å². The Balaban J connectivity index is 1.40. The van der Waals surface area contributed by atoms with Crippen molar-refractivity contribution in [2.75, 3.05) is 0 Å². The van der Waals surface area contributed by atoms with Crippen molar-refractivity contribution in [2.45, 2.75) is 37.4 Å². The van der Waals surface area contributed by atoms with Gasteiger partial charge in [0.05, 0.1) is 0 Å². The molecule has 23 heavy (non-hydrogen) atoms. The van der Waals surface area contributed by atoms with Gasteiger partial charge in [0.1, 0.15) is 11.9 Å². The van der Waals surface area contributed by atoms with E-state index >= 15 is 0 Å². The highest BCUT2D eigenvalue weighted by Crippen LogP contribution is 2.29. The maximum absolute atomic E-state index is 12.2. The lowest BCUT2D eigenvalue weighted by molar-refractivity contribution is 0.0891. The number of aromatic nitrogens is 1. The summed E-state index contributed by atoms with van der Waals surface area (Å²) in [6.45, 7) is 0. The number of amides is 1. The topological polar surface area (TPSA) is 76.4 Å². The number of rotatable bonds is 4. The first kappa shape index (κ1) is 14.5. The third-order valence-corrected chi connectivity index (χ3v) is 4.54. The highest BCUT2D eigenvalue weighted by atomic mass is 35.5. The number of nitrogens with one attached hydrogen (secondary N) is 2. The molecule has 0 radical (unpaired) electrons. The van der Waals surface area contributed by atoms with Crippen LogP contribution in [0, 0.1) is 0 Å². The van der Waals surface area contributed by atoms with Gasteiger partial charge in [0.25, 0.3) is 5.89 Å². The normalized spacial score (nSPS) is 25.5. The molecule has 2 aliphatic heterocycles. The Morgan fingerprint density at radius 3 is 3.09 bits per heavy atom. The van der Waals surface area contributed by atoms with Gasteiger partial charge in [-0.2, -0.15) is 0 Å². The van der Waals surface area contributed by atoms with Crippen molar-refractivity contribution in [3.05, 3.63) is 41.4 Å². The summed E-state index contributed by atoms with van der Waals surface area (Å²) in [5, 5.41) is 7.01. The van der Waals surface area contributed by atoms with Crippen LogP contribution in [-0.2, 0) is 0 Å². The minimum absolute atomic E-state index is 0.00445. The first-order valence-corrected chi connectivity index (χ1v) is 8.01. The third kappa shape index (κ3) is 3.04. The van der Waals surface area contributed by atoms with Crippen LogP contribution >= 0.6 is 11.6 Å². The van der Waals surface area contributed by atoms with E-state index in [1.807, 2.05) is 0 Å². The summed E-state index contributed by atoms with van der Waals surface area (Å²) in [6.07, 6.45) is 4.63. The number of oxazole rings is 1. The van der Waals surface area contributed by atoms with Gasteiger partial charge in [-0.3, -0.25) is 4.79 Å². The van der Waals surface area contributed by atoms with Crippen LogP contribution in [0.25, 0.3) is 0 Å². The van der Waals surface area contributed by atoms with Gasteiger partial charge in [-0.05, 0) is 37.5 Å². The van der Waals surface area contributed by atoms with Gasteiger partial charge in [-0.15, -0.1) is 0 Å². The van der Waals surface area contributed by atoms with Gasteiger partial charge in [0, 0.05) is 23.1 Å². The predicted molar refractivity (Wildman–Crippen MR) is 83.8 cm³/mol. The first-order valence-electron chi connectivity index (χ1n) is 7.63. The zero-order valence-corrected chi connectivity index (χ0v) is 13.0. The van der Waals surface area contributed by atoms with E-state index < -0.39 is 0 Å². The van der Waals surface area contributed by atoms with Crippen molar-refractivity contribution in [2.24, 2.45) is 0 Å². The second-order valence-electron chi connectivity index (χ2n) is 5.91. The zero-order valence-electron chi connectivity index (χ0n) is 12.3. The zero-order chi connectivity index (χ0) is 15.8. The number of hydrogen-bond donors (Lipinski definition) is 2. The average Bonchev–Trinajstić information content (AvgIpc) is 3.23. The molecular formula is C16H16ClN3O3. The van der Waals surface area contributed by atoms with Crippen LogP contribution in [0.3, 0.4) is 0 Å². The van der Waals surface area contributed by atoms with E-state index in [4.69, 9.17) is 20.8 Å². The fourth-order valence-corrected chi connectivity index (χ4v) is 3.45. The van der Waals surface area contributed by atoms with E-state index in [-0.39, 0.29) is 23.8 Å². The number of benzene rings is 1. The number of carbonyl (C=O) groups is 1. The van der Waals surface area contributed by atoms with Gasteiger partial charge in [0.15, 0.2) is 0 Å². The number of nitrogens with zero attached hydrogens (tertiary/aromatic N) is 1. The SMILES string of the molecule is O=C(N[C@@H]1C[C@H]2CC[C@@H]1N2)c1ncc(Oc2cccc(Cl)c2)o1. The molecule has 2 N–H and O–H groups in total. The molecule has 2 aliphatic rings. The van der Waals surface area contributed by atoms with Crippen molar-refractivity contribution in [1.29, 1.82) is 0 Å². The Labute approximate surface area is 138 Å². The lowest BCUT2D eigenvalue weighted by atomic mass is 9.95. The number of carbonyl (C=O) groups excluding carboxylic acids is 1. The fourth-order valence-electron chi connectivity index (χ4n) is 3.27. The second kappa shape index (κ2) is 5.86. The molecule has 0 unspecified atom stereocenters. The smallest absolute Gasteiger partial charge is 0.311 e. The molecule has 0 saturated carbocycles. The standard InChI is InChI=1S/C16H16ClN3O3/c17-9-2-1-3-11(6-9)22-14-8-18-16(23-14)15(21)20-13-7-10-4-5-12(13)19-10/h1-3,6,8,10,12-13,19H,4-5,7H2,(H,20,21)/t10-,12+,13-/m1/s1. The molecule has 120 valence electrons. The number of halogens is 1. The van der Waals surface area contributed by atoms with Crippen LogP contribution in [0.5, 0.6) is 11.7 Å². The maximum atomic E-state index is 12.2. The van der Waals surface area contributed by atoms with E-state index in [1.54, 1.807) is 24.3 Å².